The Morgan fingerprint density at radius 3 is 2.45 bits per heavy atom. The molecule has 0 aliphatic heterocycles. The molecule has 0 aromatic heterocycles. The van der Waals surface area contributed by atoms with Gasteiger partial charge in [-0.25, -0.2) is 0 Å². The van der Waals surface area contributed by atoms with Crippen molar-refractivity contribution in [2.45, 2.75) is 52.5 Å². The molecule has 2 unspecified atom stereocenters. The van der Waals surface area contributed by atoms with Crippen molar-refractivity contribution in [3.05, 3.63) is 0 Å². The van der Waals surface area contributed by atoms with E-state index in [1.54, 1.807) is 0 Å². The Hall–Kier alpha value is -0.120. The van der Waals surface area contributed by atoms with Gasteiger partial charge in [0.15, 0.2) is 0 Å². The van der Waals surface area contributed by atoms with Crippen LogP contribution in [0, 0.1) is 11.3 Å². The van der Waals surface area contributed by atoms with Crippen molar-refractivity contribution >= 4 is 0 Å². The molecule has 2 atom stereocenters. The van der Waals surface area contributed by atoms with E-state index in [0.717, 1.165) is 18.5 Å². The minimum atomic E-state index is 0.525. The first-order chi connectivity index (χ1) is 9.34. The zero-order valence-corrected chi connectivity index (χ0v) is 14.7. The standard InChI is InChI=1S/C17H37N3/c1-7-10-18-16-8-9-17(2,3)13-15(16)14-20(6)12-11-19(4)5/h15-16,18H,7-14H2,1-6H3. The van der Waals surface area contributed by atoms with E-state index in [0.29, 0.717) is 5.41 Å². The molecule has 1 N–H and O–H groups in total. The summed E-state index contributed by atoms with van der Waals surface area (Å²) in [7, 11) is 6.59. The summed E-state index contributed by atoms with van der Waals surface area (Å²) in [5.74, 6) is 0.803. The van der Waals surface area contributed by atoms with Crippen molar-refractivity contribution in [2.24, 2.45) is 11.3 Å². The fraction of sp³-hybridized carbons (Fsp3) is 1.00. The van der Waals surface area contributed by atoms with Crippen LogP contribution in [-0.2, 0) is 0 Å². The topological polar surface area (TPSA) is 18.5 Å². The molecule has 1 rings (SSSR count). The second kappa shape index (κ2) is 8.35. The van der Waals surface area contributed by atoms with E-state index in [4.69, 9.17) is 0 Å². The van der Waals surface area contributed by atoms with Crippen LogP contribution in [0.1, 0.15) is 46.5 Å². The Labute approximate surface area is 127 Å². The Morgan fingerprint density at radius 1 is 1.15 bits per heavy atom. The molecule has 0 aromatic carbocycles. The van der Waals surface area contributed by atoms with Gasteiger partial charge in [0, 0.05) is 25.7 Å². The summed E-state index contributed by atoms with van der Waals surface area (Å²) in [5, 5.41) is 3.79. The van der Waals surface area contributed by atoms with Gasteiger partial charge in [0.1, 0.15) is 0 Å². The van der Waals surface area contributed by atoms with Gasteiger partial charge in [-0.15, -0.1) is 0 Å². The van der Waals surface area contributed by atoms with E-state index in [1.165, 1.54) is 45.3 Å². The molecule has 0 amide bonds. The Bertz CT molecular complexity index is 263. The molecular formula is C17H37N3. The molecule has 3 heteroatoms. The summed E-state index contributed by atoms with van der Waals surface area (Å²) < 4.78 is 0. The highest BCUT2D eigenvalue weighted by molar-refractivity contribution is 4.90. The van der Waals surface area contributed by atoms with Crippen LogP contribution in [0.3, 0.4) is 0 Å². The van der Waals surface area contributed by atoms with Gasteiger partial charge in [-0.2, -0.15) is 0 Å². The molecule has 0 spiro atoms. The quantitative estimate of drug-likeness (QED) is 0.739. The lowest BCUT2D eigenvalue weighted by Gasteiger charge is -2.42. The number of hydrogen-bond acceptors (Lipinski definition) is 3. The highest BCUT2D eigenvalue weighted by atomic mass is 15.2. The van der Waals surface area contributed by atoms with Gasteiger partial charge in [0.25, 0.3) is 0 Å². The predicted octanol–water partition coefficient (Wildman–Crippen LogP) is 2.67. The summed E-state index contributed by atoms with van der Waals surface area (Å²) in [5.41, 5.74) is 0.525. The van der Waals surface area contributed by atoms with E-state index in [1.807, 2.05) is 0 Å². The van der Waals surface area contributed by atoms with Crippen LogP contribution >= 0.6 is 0 Å². The molecule has 1 saturated carbocycles. The fourth-order valence-corrected chi connectivity index (χ4v) is 3.39. The van der Waals surface area contributed by atoms with Crippen molar-refractivity contribution < 1.29 is 0 Å². The number of nitrogens with one attached hydrogen (secondary N) is 1. The van der Waals surface area contributed by atoms with Gasteiger partial charge < -0.3 is 15.1 Å². The lowest BCUT2D eigenvalue weighted by atomic mass is 9.69. The molecule has 20 heavy (non-hydrogen) atoms. The minimum Gasteiger partial charge on any atom is -0.314 e. The average Bonchev–Trinajstić information content (AvgIpc) is 2.35. The second-order valence-electron chi connectivity index (χ2n) is 7.79. The van der Waals surface area contributed by atoms with Crippen LogP contribution in [-0.4, -0.2) is 63.2 Å². The Balaban J connectivity index is 2.50. The van der Waals surface area contributed by atoms with Crippen molar-refractivity contribution in [2.75, 3.05) is 47.3 Å². The summed E-state index contributed by atoms with van der Waals surface area (Å²) in [6.07, 6.45) is 5.31. The lowest BCUT2D eigenvalue weighted by Crippen LogP contribution is -2.47. The number of nitrogens with zero attached hydrogens (tertiary/aromatic N) is 2. The second-order valence-corrected chi connectivity index (χ2v) is 7.79. The largest absolute Gasteiger partial charge is 0.314 e. The molecule has 3 nitrogen and oxygen atoms in total. The van der Waals surface area contributed by atoms with E-state index < -0.39 is 0 Å². The molecule has 120 valence electrons. The third-order valence-electron chi connectivity index (χ3n) is 4.65. The third kappa shape index (κ3) is 6.55. The summed E-state index contributed by atoms with van der Waals surface area (Å²) in [4.78, 5) is 4.79. The molecule has 0 heterocycles. The highest BCUT2D eigenvalue weighted by Crippen LogP contribution is 2.39. The van der Waals surface area contributed by atoms with Gasteiger partial charge in [-0.05, 0) is 64.7 Å². The third-order valence-corrected chi connectivity index (χ3v) is 4.65. The van der Waals surface area contributed by atoms with Crippen LogP contribution in [0.15, 0.2) is 0 Å². The van der Waals surface area contributed by atoms with Crippen molar-refractivity contribution in [1.82, 2.24) is 15.1 Å². The van der Waals surface area contributed by atoms with Crippen LogP contribution < -0.4 is 5.32 Å². The van der Waals surface area contributed by atoms with Crippen molar-refractivity contribution in [1.29, 1.82) is 0 Å². The first-order valence-corrected chi connectivity index (χ1v) is 8.40. The van der Waals surface area contributed by atoms with Crippen LogP contribution in [0.5, 0.6) is 0 Å². The first kappa shape index (κ1) is 17.9. The van der Waals surface area contributed by atoms with Gasteiger partial charge in [-0.3, -0.25) is 0 Å². The van der Waals surface area contributed by atoms with Crippen LogP contribution in [0.25, 0.3) is 0 Å². The molecule has 0 aromatic rings. The van der Waals surface area contributed by atoms with Gasteiger partial charge in [0.2, 0.25) is 0 Å². The van der Waals surface area contributed by atoms with Crippen molar-refractivity contribution in [3.63, 3.8) is 0 Å². The van der Waals surface area contributed by atoms with E-state index in [9.17, 15) is 0 Å². The highest BCUT2D eigenvalue weighted by Gasteiger charge is 2.34. The van der Waals surface area contributed by atoms with Crippen molar-refractivity contribution in [3.8, 4) is 0 Å². The Kier molecular flexibility index (Phi) is 7.49. The normalized spacial score (nSPS) is 26.4. The first-order valence-electron chi connectivity index (χ1n) is 8.40. The van der Waals surface area contributed by atoms with Crippen LogP contribution in [0.2, 0.25) is 0 Å². The summed E-state index contributed by atoms with van der Waals surface area (Å²) >= 11 is 0. The zero-order valence-electron chi connectivity index (χ0n) is 14.7. The Morgan fingerprint density at radius 2 is 1.85 bits per heavy atom. The minimum absolute atomic E-state index is 0.525. The molecule has 1 aliphatic rings. The maximum atomic E-state index is 3.79. The number of hydrogen-bond donors (Lipinski definition) is 1. The summed E-state index contributed by atoms with van der Waals surface area (Å²) in [6.45, 7) is 11.9. The van der Waals surface area contributed by atoms with E-state index >= 15 is 0 Å². The maximum Gasteiger partial charge on any atom is 0.0108 e. The van der Waals surface area contributed by atoms with Gasteiger partial charge >= 0.3 is 0 Å². The number of likely N-dealkylation sites (N-methyl/N-ethyl adjacent to an activating group) is 2. The predicted molar refractivity (Wildman–Crippen MR) is 89.3 cm³/mol. The SMILES string of the molecule is CCCNC1CCC(C)(C)CC1CN(C)CCN(C)C. The molecule has 1 fully saturated rings. The van der Waals surface area contributed by atoms with E-state index in [2.05, 4.69) is 57.0 Å². The molecular weight excluding hydrogens is 246 g/mol. The molecule has 0 saturated heterocycles. The van der Waals surface area contributed by atoms with Crippen LogP contribution in [0.4, 0.5) is 0 Å². The smallest absolute Gasteiger partial charge is 0.0108 e. The molecule has 1 aliphatic carbocycles. The fourth-order valence-electron chi connectivity index (χ4n) is 3.39. The monoisotopic (exact) mass is 283 g/mol. The van der Waals surface area contributed by atoms with Gasteiger partial charge in [-0.1, -0.05) is 20.8 Å². The lowest BCUT2D eigenvalue weighted by molar-refractivity contribution is 0.106. The van der Waals surface area contributed by atoms with Gasteiger partial charge in [0.05, 0.1) is 0 Å². The summed E-state index contributed by atoms with van der Waals surface area (Å²) in [6, 6.07) is 0.727. The molecule has 0 bridgehead atoms. The maximum absolute atomic E-state index is 3.79. The number of rotatable bonds is 8. The molecule has 0 radical (unpaired) electrons. The zero-order chi connectivity index (χ0) is 15.2. The van der Waals surface area contributed by atoms with E-state index in [-0.39, 0.29) is 0 Å². The average molecular weight is 284 g/mol.